The summed E-state index contributed by atoms with van der Waals surface area (Å²) in [6.07, 6.45) is 4.61. The fourth-order valence-corrected chi connectivity index (χ4v) is 0.744. The molecular weight excluding hydrogens is 185 g/mol. The van der Waals surface area contributed by atoms with E-state index < -0.39 is 0 Å². The van der Waals surface area contributed by atoms with E-state index in [2.05, 4.69) is 6.92 Å². The molecule has 0 aromatic carbocycles. The molecule has 3 heteroatoms. The molecule has 0 fully saturated rings. The Hall–Kier alpha value is 0.769. The van der Waals surface area contributed by atoms with Crippen LogP contribution in [0.5, 0.6) is 0 Å². The molecule has 0 aromatic rings. The maximum atomic E-state index is 5.49. The van der Waals surface area contributed by atoms with Crippen LogP contribution in [-0.4, -0.2) is 5.50 Å². The number of alkyl halides is 1. The fraction of sp³-hybridized carbons (Fsp3) is 1.00. The van der Waals surface area contributed by atoms with Gasteiger partial charge in [0.1, 0.15) is 0 Å². The summed E-state index contributed by atoms with van der Waals surface area (Å²) in [6, 6.07) is 0. The Morgan fingerprint density at radius 2 is 2.00 bits per heavy atom. The molecule has 1 radical (unpaired) electrons. The Balaban J connectivity index is 0. The van der Waals surface area contributed by atoms with Crippen LogP contribution in [0.3, 0.4) is 0 Å². The molecule has 0 spiro atoms. The maximum absolute atomic E-state index is 5.49. The van der Waals surface area contributed by atoms with Crippen molar-refractivity contribution in [1.29, 1.82) is 0 Å². The van der Waals surface area contributed by atoms with Crippen LogP contribution in [0.25, 0.3) is 0 Å². The van der Waals surface area contributed by atoms with Crippen molar-refractivity contribution in [2.45, 2.75) is 38.1 Å². The maximum Gasteiger partial charge on any atom is 0.0800 e. The molecule has 0 bridgehead atoms. The second kappa shape index (κ2) is 8.77. The second-order valence-corrected chi connectivity index (χ2v) is 2.57. The molecule has 0 rings (SSSR count). The monoisotopic (exact) mass is 198 g/mol. The molecule has 1 unspecified atom stereocenters. The minimum absolute atomic E-state index is 0. The molecule has 9 heavy (non-hydrogen) atoms. The van der Waals surface area contributed by atoms with Crippen LogP contribution < -0.4 is 5.73 Å². The zero-order valence-electron chi connectivity index (χ0n) is 5.66. The zero-order chi connectivity index (χ0) is 6.41. The van der Waals surface area contributed by atoms with Gasteiger partial charge in [0.2, 0.25) is 0 Å². The number of halogens is 1. The largest absolute Gasteiger partial charge is 0.315 e. The summed E-state index contributed by atoms with van der Waals surface area (Å²) in [5.41, 5.74) is 5.18. The summed E-state index contributed by atoms with van der Waals surface area (Å²) in [6.45, 7) is 2.17. The van der Waals surface area contributed by atoms with Gasteiger partial charge in [-0.15, -0.1) is 11.6 Å². The van der Waals surface area contributed by atoms with E-state index in [0.29, 0.717) is 0 Å². The first kappa shape index (κ1) is 12.4. The summed E-state index contributed by atoms with van der Waals surface area (Å²) in [5.74, 6) is 0. The van der Waals surface area contributed by atoms with Crippen molar-refractivity contribution in [3.05, 3.63) is 0 Å². The van der Waals surface area contributed by atoms with E-state index in [0.717, 1.165) is 6.42 Å². The molecule has 0 aliphatic heterocycles. The van der Waals surface area contributed by atoms with Gasteiger partial charge in [-0.05, 0) is 6.42 Å². The Morgan fingerprint density at radius 3 is 2.33 bits per heavy atom. The quantitative estimate of drug-likeness (QED) is 0.319. The summed E-state index contributed by atoms with van der Waals surface area (Å²) < 4.78 is 0. The molecule has 2 N–H and O–H groups in total. The zero-order valence-corrected chi connectivity index (χ0v) is 7.36. The predicted molar refractivity (Wildman–Crippen MR) is 38.0 cm³/mol. The normalized spacial score (nSPS) is 12.3. The van der Waals surface area contributed by atoms with Crippen LogP contribution in [0.4, 0.5) is 0 Å². The number of hydrogen-bond acceptors (Lipinski definition) is 1. The third-order valence-corrected chi connectivity index (χ3v) is 1.30. The van der Waals surface area contributed by atoms with Gasteiger partial charge in [0.25, 0.3) is 0 Å². The van der Waals surface area contributed by atoms with Crippen LogP contribution in [0.15, 0.2) is 0 Å². The first-order chi connectivity index (χ1) is 3.77. The molecule has 1 atom stereocenters. The van der Waals surface area contributed by atoms with Crippen molar-refractivity contribution in [3.8, 4) is 0 Å². The van der Waals surface area contributed by atoms with Gasteiger partial charge in [0.05, 0.1) is 5.50 Å². The van der Waals surface area contributed by atoms with E-state index in [1.54, 1.807) is 0 Å². The van der Waals surface area contributed by atoms with Crippen molar-refractivity contribution < 1.29 is 17.1 Å². The van der Waals surface area contributed by atoms with Gasteiger partial charge in [0.15, 0.2) is 0 Å². The topological polar surface area (TPSA) is 26.0 Å². The standard InChI is InChI=1S/C6H14ClN.Cu/c1-2-3-4-5-6(7)8;/h6H,2-5,8H2,1H3;. The van der Waals surface area contributed by atoms with Gasteiger partial charge in [0, 0.05) is 17.1 Å². The number of unbranched alkanes of at least 4 members (excludes halogenated alkanes) is 2. The molecule has 0 amide bonds. The van der Waals surface area contributed by atoms with Gasteiger partial charge in [-0.3, -0.25) is 0 Å². The van der Waals surface area contributed by atoms with E-state index >= 15 is 0 Å². The molecule has 0 saturated heterocycles. The number of hydrogen-bond donors (Lipinski definition) is 1. The first-order valence-corrected chi connectivity index (χ1v) is 3.60. The third kappa shape index (κ3) is 12.1. The first-order valence-electron chi connectivity index (χ1n) is 3.17. The summed E-state index contributed by atoms with van der Waals surface area (Å²) in [5, 5.41) is 0. The van der Waals surface area contributed by atoms with E-state index in [-0.39, 0.29) is 22.6 Å². The van der Waals surface area contributed by atoms with Crippen molar-refractivity contribution in [3.63, 3.8) is 0 Å². The van der Waals surface area contributed by atoms with Gasteiger partial charge < -0.3 is 5.73 Å². The van der Waals surface area contributed by atoms with Crippen LogP contribution >= 0.6 is 11.6 Å². The summed E-state index contributed by atoms with van der Waals surface area (Å²) >= 11 is 5.49. The van der Waals surface area contributed by atoms with Gasteiger partial charge >= 0.3 is 0 Å². The summed E-state index contributed by atoms with van der Waals surface area (Å²) in [4.78, 5) is 0. The Labute approximate surface area is 72.8 Å². The molecule has 0 aliphatic rings. The molecule has 0 heterocycles. The smallest absolute Gasteiger partial charge is 0.0800 e. The minimum Gasteiger partial charge on any atom is -0.315 e. The predicted octanol–water partition coefficient (Wildman–Crippen LogP) is 2.09. The summed E-state index contributed by atoms with van der Waals surface area (Å²) in [7, 11) is 0. The Kier molecular flexibility index (Phi) is 12.1. The van der Waals surface area contributed by atoms with Gasteiger partial charge in [-0.25, -0.2) is 0 Å². The van der Waals surface area contributed by atoms with E-state index in [1.807, 2.05) is 0 Å². The number of nitrogens with two attached hydrogens (primary N) is 1. The van der Waals surface area contributed by atoms with Crippen molar-refractivity contribution >= 4 is 11.6 Å². The molecular formula is C6H14ClCuN. The van der Waals surface area contributed by atoms with Crippen LogP contribution in [0.1, 0.15) is 32.6 Å². The van der Waals surface area contributed by atoms with Gasteiger partial charge in [-0.2, -0.15) is 0 Å². The third-order valence-electron chi connectivity index (χ3n) is 1.08. The average molecular weight is 199 g/mol. The van der Waals surface area contributed by atoms with Crippen molar-refractivity contribution in [1.82, 2.24) is 0 Å². The van der Waals surface area contributed by atoms with Crippen molar-refractivity contribution in [2.24, 2.45) is 5.73 Å². The molecule has 1 nitrogen and oxygen atoms in total. The number of rotatable bonds is 4. The molecule has 0 aromatic heterocycles. The minimum atomic E-state index is -0.124. The van der Waals surface area contributed by atoms with E-state index in [4.69, 9.17) is 17.3 Å². The Bertz CT molecular complexity index is 50.3. The van der Waals surface area contributed by atoms with Crippen LogP contribution in [0, 0.1) is 0 Å². The van der Waals surface area contributed by atoms with E-state index in [1.165, 1.54) is 19.3 Å². The average Bonchev–Trinajstić information content (AvgIpc) is 1.66. The van der Waals surface area contributed by atoms with E-state index in [9.17, 15) is 0 Å². The molecule has 0 saturated carbocycles. The van der Waals surface area contributed by atoms with Crippen LogP contribution in [0.2, 0.25) is 0 Å². The van der Waals surface area contributed by atoms with Crippen molar-refractivity contribution in [2.75, 3.05) is 0 Å². The fourth-order valence-electron chi connectivity index (χ4n) is 0.589. The SMILES string of the molecule is CCCCCC(N)Cl.[Cu]. The second-order valence-electron chi connectivity index (χ2n) is 2.01. The Morgan fingerprint density at radius 1 is 1.44 bits per heavy atom. The van der Waals surface area contributed by atoms with Gasteiger partial charge in [-0.1, -0.05) is 26.2 Å². The molecule has 61 valence electrons. The molecule has 0 aliphatic carbocycles. The van der Waals surface area contributed by atoms with Crippen LogP contribution in [-0.2, 0) is 17.1 Å².